The fourth-order valence-electron chi connectivity index (χ4n) is 10.3. The van der Waals surface area contributed by atoms with Gasteiger partial charge in [0.05, 0.1) is 11.1 Å². The summed E-state index contributed by atoms with van der Waals surface area (Å²) >= 11 is 0. The first-order valence-corrected chi connectivity index (χ1v) is 22.4. The van der Waals surface area contributed by atoms with E-state index in [0.717, 1.165) is 35.4 Å². The third-order valence-corrected chi connectivity index (χ3v) is 13.3. The number of nitrogens with zero attached hydrogens (tertiary/aromatic N) is 1. The van der Waals surface area contributed by atoms with E-state index in [4.69, 9.17) is 4.99 Å². The van der Waals surface area contributed by atoms with Gasteiger partial charge in [0, 0.05) is 11.3 Å². The molecule has 0 fully saturated rings. The van der Waals surface area contributed by atoms with Crippen molar-refractivity contribution in [3.05, 3.63) is 287 Å². The molecule has 0 atom stereocenters. The molecule has 2 aliphatic rings. The van der Waals surface area contributed by atoms with Gasteiger partial charge < -0.3 is 0 Å². The number of hydrogen-bond acceptors (Lipinski definition) is 1. The van der Waals surface area contributed by atoms with Crippen LogP contribution >= 0.6 is 0 Å². The summed E-state index contributed by atoms with van der Waals surface area (Å²) in [6, 6.07) is 86.3. The predicted octanol–water partition coefficient (Wildman–Crippen LogP) is 16.1. The van der Waals surface area contributed by atoms with Crippen LogP contribution in [0.5, 0.6) is 0 Å². The molecule has 0 saturated heterocycles. The molecule has 0 bridgehead atoms. The number of benzene rings is 9. The van der Waals surface area contributed by atoms with E-state index >= 15 is 0 Å². The van der Waals surface area contributed by atoms with Crippen molar-refractivity contribution in [3.8, 4) is 44.5 Å². The number of allylic oxidation sites excluding steroid dienone is 3. The minimum Gasteiger partial charge on any atom is -0.252 e. The standard InChI is InChI=1S/C63H47N/c1-44-55(49-41-39-48(40-42-49)47-37-35-46(36-38-47)45-19-6-2-7-20-45)30-18-34-60(64-62(44)50-21-8-3-9-22-50)52-24-16-23-51(43-52)56-31-17-33-59-61(56)57-29-14-15-32-58(57)63(59,53-25-10-4-11-26-53)54-27-12-5-13-28-54/h2-17,19-33,35-43H,18,34H2,1H3. The van der Waals surface area contributed by atoms with Gasteiger partial charge in [0.25, 0.3) is 0 Å². The van der Waals surface area contributed by atoms with Gasteiger partial charge in [0.2, 0.25) is 0 Å². The monoisotopic (exact) mass is 817 g/mol. The number of aliphatic imine (C=N–C) groups is 1. The van der Waals surface area contributed by atoms with Crippen molar-refractivity contribution in [2.24, 2.45) is 4.99 Å². The molecule has 1 heteroatoms. The second-order valence-electron chi connectivity index (χ2n) is 16.9. The van der Waals surface area contributed by atoms with E-state index in [9.17, 15) is 0 Å². The van der Waals surface area contributed by atoms with Gasteiger partial charge in [-0.3, -0.25) is 4.99 Å². The van der Waals surface area contributed by atoms with Crippen molar-refractivity contribution in [2.45, 2.75) is 25.2 Å². The molecule has 304 valence electrons. The maximum atomic E-state index is 5.63. The Kier molecular flexibility index (Phi) is 10.2. The molecule has 1 nitrogen and oxygen atoms in total. The maximum Gasteiger partial charge on any atom is 0.0740 e. The van der Waals surface area contributed by atoms with Crippen molar-refractivity contribution in [1.29, 1.82) is 0 Å². The highest BCUT2D eigenvalue weighted by molar-refractivity contribution is 6.07. The van der Waals surface area contributed by atoms with Crippen molar-refractivity contribution < 1.29 is 0 Å². The number of hydrogen-bond donors (Lipinski definition) is 0. The molecule has 0 unspecified atom stereocenters. The molecule has 0 N–H and O–H groups in total. The molecule has 1 aliphatic heterocycles. The highest BCUT2D eigenvalue weighted by atomic mass is 14.8. The van der Waals surface area contributed by atoms with E-state index in [1.165, 1.54) is 83.5 Å². The molecule has 1 heterocycles. The molecule has 9 aromatic rings. The highest BCUT2D eigenvalue weighted by Crippen LogP contribution is 2.58. The summed E-state index contributed by atoms with van der Waals surface area (Å²) in [5.41, 5.74) is 22.6. The second kappa shape index (κ2) is 16.8. The van der Waals surface area contributed by atoms with Gasteiger partial charge >= 0.3 is 0 Å². The van der Waals surface area contributed by atoms with Crippen LogP contribution in [0.2, 0.25) is 0 Å². The van der Waals surface area contributed by atoms with Crippen LogP contribution in [0.25, 0.3) is 55.8 Å². The molecule has 1 aliphatic carbocycles. The normalized spacial score (nSPS) is 14.1. The van der Waals surface area contributed by atoms with E-state index < -0.39 is 5.41 Å². The van der Waals surface area contributed by atoms with Gasteiger partial charge in [-0.05, 0) is 115 Å². The topological polar surface area (TPSA) is 12.4 Å². The van der Waals surface area contributed by atoms with Gasteiger partial charge in [-0.1, -0.05) is 237 Å². The Hall–Kier alpha value is -7.87. The zero-order chi connectivity index (χ0) is 42.9. The summed E-state index contributed by atoms with van der Waals surface area (Å²) in [7, 11) is 0. The minimum atomic E-state index is -0.447. The fraction of sp³-hybridized carbons (Fsp3) is 0.0635. The van der Waals surface area contributed by atoms with Gasteiger partial charge in [0.15, 0.2) is 0 Å². The van der Waals surface area contributed by atoms with E-state index in [-0.39, 0.29) is 0 Å². The van der Waals surface area contributed by atoms with Crippen LogP contribution in [0.1, 0.15) is 58.7 Å². The first-order chi connectivity index (χ1) is 31.7. The molecule has 0 radical (unpaired) electrons. The van der Waals surface area contributed by atoms with Crippen LogP contribution in [0.15, 0.2) is 253 Å². The van der Waals surface area contributed by atoms with Gasteiger partial charge in [-0.15, -0.1) is 0 Å². The quantitative estimate of drug-likeness (QED) is 0.145. The first kappa shape index (κ1) is 39.0. The lowest BCUT2D eigenvalue weighted by Crippen LogP contribution is -2.28. The zero-order valence-electron chi connectivity index (χ0n) is 36.0. The summed E-state index contributed by atoms with van der Waals surface area (Å²) in [6.45, 7) is 2.24. The van der Waals surface area contributed by atoms with E-state index in [1.54, 1.807) is 0 Å². The Morgan fingerprint density at radius 3 is 1.45 bits per heavy atom. The SMILES string of the molecule is CC1=C(c2ccccc2)N=C(c2cccc(-c3cccc4c3-c3ccccc3C4(c3ccccc3)c3ccccc3)c2)CCC=C1c1ccc(-c2ccc(-c3ccccc3)cc2)cc1. The fourth-order valence-corrected chi connectivity index (χ4v) is 10.3. The average molecular weight is 818 g/mol. The molecule has 11 rings (SSSR count). The van der Waals surface area contributed by atoms with Crippen LogP contribution < -0.4 is 0 Å². The summed E-state index contributed by atoms with van der Waals surface area (Å²) < 4.78 is 0. The third-order valence-electron chi connectivity index (χ3n) is 13.3. The van der Waals surface area contributed by atoms with E-state index in [1.807, 2.05) is 0 Å². The molecule has 0 aromatic heterocycles. The largest absolute Gasteiger partial charge is 0.252 e. The van der Waals surface area contributed by atoms with Crippen LogP contribution in [-0.2, 0) is 5.41 Å². The summed E-state index contributed by atoms with van der Waals surface area (Å²) in [5, 5.41) is 0. The van der Waals surface area contributed by atoms with Crippen molar-refractivity contribution in [2.75, 3.05) is 0 Å². The van der Waals surface area contributed by atoms with Crippen LogP contribution in [0.4, 0.5) is 0 Å². The minimum absolute atomic E-state index is 0.447. The van der Waals surface area contributed by atoms with Crippen LogP contribution in [-0.4, -0.2) is 5.71 Å². The lowest BCUT2D eigenvalue weighted by Gasteiger charge is -2.34. The van der Waals surface area contributed by atoms with Crippen LogP contribution in [0, 0.1) is 0 Å². The Bertz CT molecular complexity index is 3170. The molecule has 9 aromatic carbocycles. The van der Waals surface area contributed by atoms with Crippen molar-refractivity contribution in [1.82, 2.24) is 0 Å². The van der Waals surface area contributed by atoms with E-state index in [0.29, 0.717) is 0 Å². The molecular formula is C63H47N. The molecular weight excluding hydrogens is 771 g/mol. The zero-order valence-corrected chi connectivity index (χ0v) is 36.0. The number of fused-ring (bicyclic) bond motifs is 3. The van der Waals surface area contributed by atoms with Crippen molar-refractivity contribution in [3.63, 3.8) is 0 Å². The Labute approximate surface area is 377 Å². The third kappa shape index (κ3) is 6.87. The first-order valence-electron chi connectivity index (χ1n) is 22.4. The van der Waals surface area contributed by atoms with Crippen molar-refractivity contribution >= 4 is 17.0 Å². The second-order valence-corrected chi connectivity index (χ2v) is 16.9. The Morgan fingerprint density at radius 1 is 0.375 bits per heavy atom. The Balaban J connectivity index is 0.979. The summed E-state index contributed by atoms with van der Waals surface area (Å²) in [5.74, 6) is 0. The molecule has 64 heavy (non-hydrogen) atoms. The maximum absolute atomic E-state index is 5.63. The van der Waals surface area contributed by atoms with Gasteiger partial charge in [-0.25, -0.2) is 0 Å². The number of rotatable bonds is 8. The lowest BCUT2D eigenvalue weighted by molar-refractivity contribution is 0.768. The smallest absolute Gasteiger partial charge is 0.0740 e. The van der Waals surface area contributed by atoms with Gasteiger partial charge in [0.1, 0.15) is 0 Å². The summed E-state index contributed by atoms with van der Waals surface area (Å²) in [4.78, 5) is 5.63. The average Bonchev–Trinajstić information content (AvgIpc) is 3.68. The van der Waals surface area contributed by atoms with Gasteiger partial charge in [-0.2, -0.15) is 0 Å². The highest BCUT2D eigenvalue weighted by Gasteiger charge is 2.46. The molecule has 0 saturated carbocycles. The molecule has 0 amide bonds. The lowest BCUT2D eigenvalue weighted by atomic mass is 9.67. The Morgan fingerprint density at radius 2 is 0.828 bits per heavy atom. The van der Waals surface area contributed by atoms with E-state index in [2.05, 4.69) is 250 Å². The predicted molar refractivity (Wildman–Crippen MR) is 269 cm³/mol. The summed E-state index contributed by atoms with van der Waals surface area (Å²) in [6.07, 6.45) is 4.13. The van der Waals surface area contributed by atoms with Crippen LogP contribution in [0.3, 0.4) is 0 Å². The molecule has 0 spiro atoms.